The Labute approximate surface area is 99.3 Å². The van der Waals surface area contributed by atoms with Crippen LogP contribution in [0.3, 0.4) is 0 Å². The minimum atomic E-state index is -0.498. The summed E-state index contributed by atoms with van der Waals surface area (Å²) in [5, 5.41) is 0. The molecule has 0 saturated heterocycles. The van der Waals surface area contributed by atoms with Gasteiger partial charge in [0.25, 0.3) is 0 Å². The molecule has 0 aliphatic carbocycles. The van der Waals surface area contributed by atoms with Gasteiger partial charge in [-0.05, 0) is 12.1 Å². The first-order valence-electron chi connectivity index (χ1n) is 5.16. The lowest BCUT2D eigenvalue weighted by atomic mass is 10.3. The lowest BCUT2D eigenvalue weighted by Crippen LogP contribution is -2.14. The van der Waals surface area contributed by atoms with E-state index in [0.29, 0.717) is 11.5 Å². The van der Waals surface area contributed by atoms with Crippen molar-refractivity contribution in [2.45, 2.75) is 13.3 Å². The molecular weight excluding hydrogens is 224 g/mol. The predicted molar refractivity (Wildman–Crippen MR) is 59.9 cm³/mol. The van der Waals surface area contributed by atoms with E-state index < -0.39 is 5.97 Å². The van der Waals surface area contributed by atoms with Crippen LogP contribution in [-0.2, 0) is 14.3 Å². The zero-order chi connectivity index (χ0) is 12.7. The Kier molecular flexibility index (Phi) is 5.00. The minimum absolute atomic E-state index is 0.225. The number of para-hydroxylation sites is 2. The standard InChI is InChI=1S/C12H14O5/c1-3-11(13)17-10-7-5-4-6-9(10)16-8-12(14)15-2/h4-7H,3,8H2,1-2H3. The molecule has 0 heterocycles. The molecular formula is C12H14O5. The van der Waals surface area contributed by atoms with Gasteiger partial charge in [-0.15, -0.1) is 0 Å². The van der Waals surface area contributed by atoms with Crippen LogP contribution in [0.2, 0.25) is 0 Å². The number of hydrogen-bond acceptors (Lipinski definition) is 5. The summed E-state index contributed by atoms with van der Waals surface area (Å²) >= 11 is 0. The second-order valence-corrected chi connectivity index (χ2v) is 3.14. The van der Waals surface area contributed by atoms with E-state index in [9.17, 15) is 9.59 Å². The normalized spacial score (nSPS) is 9.53. The smallest absolute Gasteiger partial charge is 0.343 e. The first kappa shape index (κ1) is 13.0. The van der Waals surface area contributed by atoms with Gasteiger partial charge >= 0.3 is 11.9 Å². The zero-order valence-corrected chi connectivity index (χ0v) is 9.76. The third-order valence-electron chi connectivity index (χ3n) is 1.93. The third-order valence-corrected chi connectivity index (χ3v) is 1.93. The van der Waals surface area contributed by atoms with Gasteiger partial charge in [-0.2, -0.15) is 0 Å². The fraction of sp³-hybridized carbons (Fsp3) is 0.333. The average molecular weight is 238 g/mol. The molecule has 1 rings (SSSR count). The second-order valence-electron chi connectivity index (χ2n) is 3.14. The van der Waals surface area contributed by atoms with Gasteiger partial charge in [-0.1, -0.05) is 19.1 Å². The van der Waals surface area contributed by atoms with Crippen molar-refractivity contribution in [1.29, 1.82) is 0 Å². The molecule has 0 amide bonds. The van der Waals surface area contributed by atoms with E-state index in [1.807, 2.05) is 0 Å². The summed E-state index contributed by atoms with van der Waals surface area (Å²) in [5.41, 5.74) is 0. The van der Waals surface area contributed by atoms with Crippen LogP contribution < -0.4 is 9.47 Å². The summed E-state index contributed by atoms with van der Waals surface area (Å²) in [4.78, 5) is 22.1. The van der Waals surface area contributed by atoms with E-state index in [-0.39, 0.29) is 19.0 Å². The molecule has 0 aromatic heterocycles. The molecule has 0 aliphatic heterocycles. The van der Waals surface area contributed by atoms with Crippen molar-refractivity contribution in [3.63, 3.8) is 0 Å². The van der Waals surface area contributed by atoms with Crippen LogP contribution in [0.1, 0.15) is 13.3 Å². The molecule has 1 aromatic rings. The summed E-state index contributed by atoms with van der Waals surface area (Å²) in [6, 6.07) is 6.64. The van der Waals surface area contributed by atoms with Crippen molar-refractivity contribution >= 4 is 11.9 Å². The van der Waals surface area contributed by atoms with Crippen LogP contribution in [0.5, 0.6) is 11.5 Å². The number of benzene rings is 1. The fourth-order valence-electron chi connectivity index (χ4n) is 1.04. The SMILES string of the molecule is CCC(=O)Oc1ccccc1OCC(=O)OC. The van der Waals surface area contributed by atoms with Crippen LogP contribution in [0.25, 0.3) is 0 Å². The maximum absolute atomic E-state index is 11.2. The van der Waals surface area contributed by atoms with Crippen LogP contribution in [0, 0.1) is 0 Å². The molecule has 0 atom stereocenters. The number of rotatable bonds is 5. The van der Waals surface area contributed by atoms with Gasteiger partial charge in [0, 0.05) is 6.42 Å². The van der Waals surface area contributed by atoms with Crippen LogP contribution >= 0.6 is 0 Å². The van der Waals surface area contributed by atoms with Gasteiger partial charge in [0.1, 0.15) is 0 Å². The number of methoxy groups -OCH3 is 1. The Morgan fingerprint density at radius 2 is 1.76 bits per heavy atom. The van der Waals surface area contributed by atoms with Gasteiger partial charge in [-0.3, -0.25) is 4.79 Å². The van der Waals surface area contributed by atoms with Crippen molar-refractivity contribution in [3.05, 3.63) is 24.3 Å². The molecule has 0 radical (unpaired) electrons. The summed E-state index contributed by atoms with van der Waals surface area (Å²) < 4.78 is 14.7. The van der Waals surface area contributed by atoms with E-state index in [1.165, 1.54) is 7.11 Å². The molecule has 1 aromatic carbocycles. The number of carbonyl (C=O) groups is 2. The Hall–Kier alpha value is -2.04. The molecule has 5 nitrogen and oxygen atoms in total. The molecule has 92 valence electrons. The highest BCUT2D eigenvalue weighted by Crippen LogP contribution is 2.26. The number of ether oxygens (including phenoxy) is 3. The van der Waals surface area contributed by atoms with Crippen molar-refractivity contribution in [2.75, 3.05) is 13.7 Å². The van der Waals surface area contributed by atoms with Crippen molar-refractivity contribution in [3.8, 4) is 11.5 Å². The number of carbonyl (C=O) groups excluding carboxylic acids is 2. The zero-order valence-electron chi connectivity index (χ0n) is 9.76. The second kappa shape index (κ2) is 6.52. The minimum Gasteiger partial charge on any atom is -0.478 e. The van der Waals surface area contributed by atoms with Gasteiger partial charge in [-0.25, -0.2) is 4.79 Å². The van der Waals surface area contributed by atoms with E-state index in [0.717, 1.165) is 0 Å². The summed E-state index contributed by atoms with van der Waals surface area (Å²) in [7, 11) is 1.27. The van der Waals surface area contributed by atoms with Crippen molar-refractivity contribution < 1.29 is 23.8 Å². The van der Waals surface area contributed by atoms with E-state index in [2.05, 4.69) is 4.74 Å². The molecule has 17 heavy (non-hydrogen) atoms. The fourth-order valence-corrected chi connectivity index (χ4v) is 1.04. The third kappa shape index (κ3) is 4.14. The lowest BCUT2D eigenvalue weighted by molar-refractivity contribution is -0.142. The van der Waals surface area contributed by atoms with Gasteiger partial charge in [0.2, 0.25) is 0 Å². The van der Waals surface area contributed by atoms with Crippen LogP contribution in [-0.4, -0.2) is 25.7 Å². The average Bonchev–Trinajstić information content (AvgIpc) is 2.37. The van der Waals surface area contributed by atoms with E-state index in [1.54, 1.807) is 31.2 Å². The summed E-state index contributed by atoms with van der Waals surface area (Å²) in [5.74, 6) is -0.233. The van der Waals surface area contributed by atoms with Crippen LogP contribution in [0.15, 0.2) is 24.3 Å². The van der Waals surface area contributed by atoms with E-state index >= 15 is 0 Å². The predicted octanol–water partition coefficient (Wildman–Crippen LogP) is 1.55. The maximum atomic E-state index is 11.2. The first-order valence-corrected chi connectivity index (χ1v) is 5.16. The molecule has 0 saturated carbocycles. The Bertz CT molecular complexity index is 400. The topological polar surface area (TPSA) is 61.8 Å². The largest absolute Gasteiger partial charge is 0.478 e. The monoisotopic (exact) mass is 238 g/mol. The summed E-state index contributed by atoms with van der Waals surface area (Å²) in [6.07, 6.45) is 0.269. The molecule has 0 unspecified atom stereocenters. The number of hydrogen-bond donors (Lipinski definition) is 0. The van der Waals surface area contributed by atoms with Gasteiger partial charge < -0.3 is 14.2 Å². The molecule has 5 heteroatoms. The Morgan fingerprint density at radius 1 is 1.12 bits per heavy atom. The quantitative estimate of drug-likeness (QED) is 0.575. The summed E-state index contributed by atoms with van der Waals surface area (Å²) in [6.45, 7) is 1.47. The highest BCUT2D eigenvalue weighted by atomic mass is 16.6. The Morgan fingerprint density at radius 3 is 2.35 bits per heavy atom. The van der Waals surface area contributed by atoms with Crippen molar-refractivity contribution in [2.24, 2.45) is 0 Å². The molecule has 0 spiro atoms. The Balaban J connectivity index is 2.70. The van der Waals surface area contributed by atoms with Gasteiger partial charge in [0.15, 0.2) is 18.1 Å². The molecule has 0 aliphatic rings. The molecule has 0 bridgehead atoms. The highest BCUT2D eigenvalue weighted by Gasteiger charge is 2.10. The van der Waals surface area contributed by atoms with E-state index in [4.69, 9.17) is 9.47 Å². The van der Waals surface area contributed by atoms with Gasteiger partial charge in [0.05, 0.1) is 7.11 Å². The number of esters is 2. The highest BCUT2D eigenvalue weighted by molar-refractivity contribution is 5.73. The van der Waals surface area contributed by atoms with Crippen LogP contribution in [0.4, 0.5) is 0 Å². The lowest BCUT2D eigenvalue weighted by Gasteiger charge is -2.09. The molecule has 0 fully saturated rings. The molecule has 0 N–H and O–H groups in total. The maximum Gasteiger partial charge on any atom is 0.343 e. The first-order chi connectivity index (χ1) is 8.17. The van der Waals surface area contributed by atoms with Crippen molar-refractivity contribution in [1.82, 2.24) is 0 Å².